The molecule has 0 saturated heterocycles. The molecule has 0 saturated carbocycles. The van der Waals surface area contributed by atoms with Gasteiger partial charge in [0.05, 0.1) is 18.5 Å². The molecule has 0 N–H and O–H groups in total. The number of amides is 4. The molecule has 56 heavy (non-hydrogen) atoms. The van der Waals surface area contributed by atoms with Gasteiger partial charge >= 0.3 is 0 Å². The van der Waals surface area contributed by atoms with Crippen LogP contribution in [0.3, 0.4) is 0 Å². The van der Waals surface area contributed by atoms with Crippen LogP contribution in [0.2, 0.25) is 0 Å². The molecule has 270 valence electrons. The van der Waals surface area contributed by atoms with E-state index in [-0.39, 0.29) is 23.6 Å². The lowest BCUT2D eigenvalue weighted by Crippen LogP contribution is -2.40. The Kier molecular flexibility index (Phi) is 7.45. The predicted molar refractivity (Wildman–Crippen MR) is 222 cm³/mol. The average Bonchev–Trinajstić information content (AvgIpc) is 3.21. The molecular formula is C49H34N2O5. The van der Waals surface area contributed by atoms with Gasteiger partial charge in [-0.05, 0) is 110 Å². The van der Waals surface area contributed by atoms with E-state index < -0.39 is 0 Å². The van der Waals surface area contributed by atoms with Gasteiger partial charge in [0.25, 0.3) is 23.6 Å². The van der Waals surface area contributed by atoms with E-state index in [1.54, 1.807) is 31.4 Å². The van der Waals surface area contributed by atoms with Crippen molar-refractivity contribution in [3.05, 3.63) is 161 Å². The normalized spacial score (nSPS) is 13.9. The van der Waals surface area contributed by atoms with E-state index in [2.05, 4.69) is 26.0 Å². The Labute approximate surface area is 322 Å². The van der Waals surface area contributed by atoms with Crippen LogP contribution in [0, 0.1) is 5.92 Å². The molecule has 0 aliphatic carbocycles. The molecule has 2 aliphatic heterocycles. The number of carbonyl (C=O) groups excluding carboxylic acids is 4. The first-order chi connectivity index (χ1) is 27.2. The standard InChI is InChI=1S/C49H34N2O5/c1-27(2)24-32-17-16-30-25-33(50-46(52)37-12-4-8-28-9-5-13-38(42(28)37)47(50)53)19-21-35(30)44(32)45-36-22-20-34(26-31(36)18-23-41(45)56-3)51-48(54)39-14-6-10-29-11-7-15-40(43(29)39)49(51)55/h4-23,25-27H,24H2,1-3H3. The lowest BCUT2D eigenvalue weighted by atomic mass is 9.86. The Hall–Kier alpha value is -7.12. The quantitative estimate of drug-likeness (QED) is 0.159. The Balaban J connectivity index is 1.12. The second-order valence-corrected chi connectivity index (χ2v) is 15.0. The first-order valence-electron chi connectivity index (χ1n) is 18.7. The number of hydrogen-bond donors (Lipinski definition) is 0. The van der Waals surface area contributed by atoms with Crippen LogP contribution in [0.5, 0.6) is 5.75 Å². The summed E-state index contributed by atoms with van der Waals surface area (Å²) in [6.45, 7) is 4.36. The maximum atomic E-state index is 14.0. The zero-order valence-corrected chi connectivity index (χ0v) is 30.9. The number of imide groups is 2. The minimum atomic E-state index is -0.359. The van der Waals surface area contributed by atoms with E-state index >= 15 is 0 Å². The molecule has 8 aromatic rings. The number of rotatable bonds is 6. The summed E-state index contributed by atoms with van der Waals surface area (Å²) in [6.07, 6.45) is 0.788. The molecule has 7 nitrogen and oxygen atoms in total. The molecule has 8 aromatic carbocycles. The van der Waals surface area contributed by atoms with E-state index in [1.807, 2.05) is 97.1 Å². The molecule has 2 aliphatic rings. The van der Waals surface area contributed by atoms with Gasteiger partial charge in [-0.15, -0.1) is 0 Å². The summed E-state index contributed by atoms with van der Waals surface area (Å²) < 4.78 is 6.06. The first kappa shape index (κ1) is 33.4. The summed E-state index contributed by atoms with van der Waals surface area (Å²) in [4.78, 5) is 58.4. The topological polar surface area (TPSA) is 84.0 Å². The van der Waals surface area contributed by atoms with Crippen molar-refractivity contribution in [3.63, 3.8) is 0 Å². The highest BCUT2D eigenvalue weighted by Gasteiger charge is 2.36. The second-order valence-electron chi connectivity index (χ2n) is 15.0. The Morgan fingerprint density at radius 3 is 1.34 bits per heavy atom. The van der Waals surface area contributed by atoms with E-state index in [0.29, 0.717) is 56.1 Å². The number of carbonyl (C=O) groups is 4. The molecule has 10 rings (SSSR count). The SMILES string of the molecule is COc1ccc2cc(N3C(=O)c4cccc5cccc(c45)C3=O)ccc2c1-c1c(CC(C)C)ccc2cc(N3C(=O)c4cccc5cccc(c45)C3=O)ccc12. The fourth-order valence-electron chi connectivity index (χ4n) is 8.80. The summed E-state index contributed by atoms with van der Waals surface area (Å²) in [5.41, 5.74) is 5.94. The van der Waals surface area contributed by atoms with Crippen molar-refractivity contribution in [2.75, 3.05) is 16.9 Å². The van der Waals surface area contributed by atoms with Gasteiger partial charge in [-0.2, -0.15) is 0 Å². The number of hydrogen-bond acceptors (Lipinski definition) is 5. The first-order valence-corrected chi connectivity index (χ1v) is 18.7. The van der Waals surface area contributed by atoms with Crippen molar-refractivity contribution >= 4 is 78.1 Å². The number of ether oxygens (including phenoxy) is 1. The minimum absolute atomic E-state index is 0.341. The largest absolute Gasteiger partial charge is 0.496 e. The van der Waals surface area contributed by atoms with Crippen molar-refractivity contribution < 1.29 is 23.9 Å². The van der Waals surface area contributed by atoms with Crippen LogP contribution < -0.4 is 14.5 Å². The number of nitrogens with zero attached hydrogens (tertiary/aromatic N) is 2. The van der Waals surface area contributed by atoms with Gasteiger partial charge in [0, 0.05) is 38.6 Å². The molecule has 0 fully saturated rings. The Bertz CT molecular complexity index is 2970. The van der Waals surface area contributed by atoms with E-state index in [1.165, 1.54) is 9.80 Å². The third kappa shape index (κ3) is 4.83. The van der Waals surface area contributed by atoms with Crippen molar-refractivity contribution in [2.24, 2.45) is 5.92 Å². The average molecular weight is 731 g/mol. The lowest BCUT2D eigenvalue weighted by Gasteiger charge is -2.28. The van der Waals surface area contributed by atoms with Gasteiger partial charge < -0.3 is 4.74 Å². The van der Waals surface area contributed by atoms with Gasteiger partial charge in [-0.3, -0.25) is 19.2 Å². The van der Waals surface area contributed by atoms with Crippen LogP contribution in [0.15, 0.2) is 133 Å². The van der Waals surface area contributed by atoms with Crippen LogP contribution in [-0.4, -0.2) is 30.7 Å². The number of benzene rings is 8. The summed E-state index contributed by atoms with van der Waals surface area (Å²) in [5.74, 6) is -0.415. The molecule has 0 radical (unpaired) electrons. The third-order valence-corrected chi connectivity index (χ3v) is 11.2. The molecule has 2 heterocycles. The highest BCUT2D eigenvalue weighted by Crippen LogP contribution is 2.45. The second kappa shape index (κ2) is 12.5. The van der Waals surface area contributed by atoms with E-state index in [9.17, 15) is 19.2 Å². The van der Waals surface area contributed by atoms with E-state index in [0.717, 1.165) is 55.4 Å². The van der Waals surface area contributed by atoms with Gasteiger partial charge in [-0.1, -0.05) is 92.7 Å². The highest BCUT2D eigenvalue weighted by molar-refractivity contribution is 6.37. The van der Waals surface area contributed by atoms with Crippen molar-refractivity contribution in [3.8, 4) is 16.9 Å². The number of fused-ring (bicyclic) bond motifs is 2. The van der Waals surface area contributed by atoms with Crippen LogP contribution in [0.1, 0.15) is 60.8 Å². The number of anilines is 2. The Morgan fingerprint density at radius 2 is 0.911 bits per heavy atom. The van der Waals surface area contributed by atoms with Gasteiger partial charge in [0.2, 0.25) is 0 Å². The van der Waals surface area contributed by atoms with Crippen LogP contribution in [-0.2, 0) is 6.42 Å². The van der Waals surface area contributed by atoms with Gasteiger partial charge in [0.1, 0.15) is 5.75 Å². The molecule has 0 unspecified atom stereocenters. The maximum absolute atomic E-state index is 14.0. The van der Waals surface area contributed by atoms with Crippen LogP contribution in [0.4, 0.5) is 11.4 Å². The molecular weight excluding hydrogens is 697 g/mol. The maximum Gasteiger partial charge on any atom is 0.265 e. The summed E-state index contributed by atoms with van der Waals surface area (Å²) >= 11 is 0. The third-order valence-electron chi connectivity index (χ3n) is 11.2. The zero-order chi connectivity index (χ0) is 38.4. The monoisotopic (exact) mass is 730 g/mol. The molecule has 0 spiro atoms. The fraction of sp³-hybridized carbons (Fsp3) is 0.102. The molecule has 4 amide bonds. The van der Waals surface area contributed by atoms with Crippen molar-refractivity contribution in [1.29, 1.82) is 0 Å². The minimum Gasteiger partial charge on any atom is -0.496 e. The van der Waals surface area contributed by atoms with E-state index in [4.69, 9.17) is 4.74 Å². The lowest BCUT2D eigenvalue weighted by molar-refractivity contribution is 0.0877. The highest BCUT2D eigenvalue weighted by atomic mass is 16.5. The fourth-order valence-corrected chi connectivity index (χ4v) is 8.80. The van der Waals surface area contributed by atoms with Gasteiger partial charge in [0.15, 0.2) is 0 Å². The summed E-state index contributed by atoms with van der Waals surface area (Å²) in [5, 5.41) is 6.59. The summed E-state index contributed by atoms with van der Waals surface area (Å²) in [7, 11) is 1.65. The smallest absolute Gasteiger partial charge is 0.265 e. The molecule has 0 aromatic heterocycles. The van der Waals surface area contributed by atoms with Gasteiger partial charge in [-0.25, -0.2) is 9.80 Å². The van der Waals surface area contributed by atoms with Crippen LogP contribution in [0.25, 0.3) is 54.2 Å². The molecule has 0 atom stereocenters. The predicted octanol–water partition coefficient (Wildman–Crippen LogP) is 10.8. The zero-order valence-electron chi connectivity index (χ0n) is 30.9. The summed E-state index contributed by atoms with van der Waals surface area (Å²) in [6, 6.07) is 41.6. The number of methoxy groups -OCH3 is 1. The molecule has 7 heteroatoms. The van der Waals surface area contributed by atoms with Crippen molar-refractivity contribution in [2.45, 2.75) is 20.3 Å². The van der Waals surface area contributed by atoms with Crippen LogP contribution >= 0.6 is 0 Å². The Morgan fingerprint density at radius 1 is 0.482 bits per heavy atom. The molecule has 0 bridgehead atoms. The van der Waals surface area contributed by atoms with Crippen molar-refractivity contribution in [1.82, 2.24) is 0 Å².